The van der Waals surface area contributed by atoms with Gasteiger partial charge in [0.1, 0.15) is 17.0 Å². The van der Waals surface area contributed by atoms with E-state index in [0.717, 1.165) is 18.4 Å². The van der Waals surface area contributed by atoms with Gasteiger partial charge in [-0.3, -0.25) is 15.0 Å². The maximum Gasteiger partial charge on any atom is 0.414 e. The van der Waals surface area contributed by atoms with Crippen LogP contribution in [0.5, 0.6) is 5.75 Å². The van der Waals surface area contributed by atoms with Crippen molar-refractivity contribution < 1.29 is 19.1 Å². The van der Waals surface area contributed by atoms with Crippen molar-refractivity contribution in [2.45, 2.75) is 63.2 Å². The number of alkyl carbamates (subject to hydrolysis) is 1. The maximum absolute atomic E-state index is 14.0. The standard InChI is InChI=1S/C26H29N3O4/c1-24(2,3)33-23(31)27-22-28-26(21(30)29(22)4)19-11-7-8-12-20(19)32-25(26)15-13-17-9-5-6-10-18(17)14-16-25/h5-12H,13-16H2,1-4H3,(H,27,28,31). The van der Waals surface area contributed by atoms with Gasteiger partial charge in [-0.05, 0) is 63.6 Å². The Morgan fingerprint density at radius 1 is 1.06 bits per heavy atom. The third-order valence-corrected chi connectivity index (χ3v) is 6.77. The fourth-order valence-corrected chi connectivity index (χ4v) is 5.29. The van der Waals surface area contributed by atoms with Gasteiger partial charge in [0.2, 0.25) is 11.5 Å². The third-order valence-electron chi connectivity index (χ3n) is 6.77. The average Bonchev–Trinajstić information content (AvgIpc) is 3.07. The molecule has 0 fully saturated rings. The highest BCUT2D eigenvalue weighted by Gasteiger charge is 2.68. The zero-order valence-corrected chi connectivity index (χ0v) is 19.5. The van der Waals surface area contributed by atoms with E-state index in [4.69, 9.17) is 14.5 Å². The molecule has 0 saturated heterocycles. The molecule has 2 amide bonds. The molecule has 1 atom stereocenters. The van der Waals surface area contributed by atoms with E-state index in [1.165, 1.54) is 16.0 Å². The van der Waals surface area contributed by atoms with Crippen molar-refractivity contribution in [2.75, 3.05) is 7.05 Å². The number of hydrogen-bond donors (Lipinski definition) is 1. The summed E-state index contributed by atoms with van der Waals surface area (Å²) in [6.07, 6.45) is 2.20. The molecule has 172 valence electrons. The van der Waals surface area contributed by atoms with E-state index in [2.05, 4.69) is 17.4 Å². The van der Waals surface area contributed by atoms with E-state index >= 15 is 0 Å². The van der Waals surface area contributed by atoms with Crippen molar-refractivity contribution in [1.29, 1.82) is 0 Å². The average molecular weight is 448 g/mol. The molecule has 3 aliphatic rings. The van der Waals surface area contributed by atoms with Crippen LogP contribution in [0.4, 0.5) is 4.79 Å². The van der Waals surface area contributed by atoms with Gasteiger partial charge >= 0.3 is 6.09 Å². The predicted octanol–water partition coefficient (Wildman–Crippen LogP) is 3.94. The van der Waals surface area contributed by atoms with Gasteiger partial charge in [-0.1, -0.05) is 42.5 Å². The number of aryl methyl sites for hydroxylation is 2. The summed E-state index contributed by atoms with van der Waals surface area (Å²) in [4.78, 5) is 32.8. The number of hydrogen-bond acceptors (Lipinski definition) is 5. The molecule has 7 nitrogen and oxygen atoms in total. The zero-order valence-electron chi connectivity index (χ0n) is 19.5. The van der Waals surface area contributed by atoms with Crippen LogP contribution in [-0.4, -0.2) is 41.1 Å². The topological polar surface area (TPSA) is 80.2 Å². The number of fused-ring (bicyclic) bond motifs is 4. The first-order valence-corrected chi connectivity index (χ1v) is 11.4. The molecule has 2 aromatic carbocycles. The molecule has 7 heteroatoms. The molecule has 0 bridgehead atoms. The third kappa shape index (κ3) is 3.29. The first-order valence-electron chi connectivity index (χ1n) is 11.4. The second-order valence-corrected chi connectivity index (χ2v) is 10.00. The normalized spacial score (nSPS) is 23.0. The summed E-state index contributed by atoms with van der Waals surface area (Å²) < 4.78 is 12.0. The molecule has 2 aliphatic heterocycles. The minimum atomic E-state index is -1.26. The van der Waals surface area contributed by atoms with Crippen molar-refractivity contribution in [3.63, 3.8) is 0 Å². The summed E-state index contributed by atoms with van der Waals surface area (Å²) in [5.74, 6) is 0.646. The van der Waals surface area contributed by atoms with Gasteiger partial charge in [0.05, 0.1) is 0 Å². The number of amides is 2. The van der Waals surface area contributed by atoms with E-state index in [9.17, 15) is 9.59 Å². The van der Waals surface area contributed by atoms with Crippen LogP contribution < -0.4 is 10.1 Å². The van der Waals surface area contributed by atoms with Crippen LogP contribution >= 0.6 is 0 Å². The number of nitrogens with one attached hydrogen (secondary N) is 1. The van der Waals surface area contributed by atoms with Gasteiger partial charge in [0.15, 0.2) is 0 Å². The summed E-state index contributed by atoms with van der Waals surface area (Å²) in [5.41, 5.74) is 0.524. The minimum Gasteiger partial charge on any atom is -0.483 e. The van der Waals surface area contributed by atoms with E-state index in [1.807, 2.05) is 36.4 Å². The number of para-hydroxylation sites is 1. The Kier molecular flexibility index (Phi) is 4.78. The Balaban J connectivity index is 1.59. The van der Waals surface area contributed by atoms with Crippen molar-refractivity contribution in [1.82, 2.24) is 10.2 Å². The fraction of sp³-hybridized carbons (Fsp3) is 0.423. The lowest BCUT2D eigenvalue weighted by Gasteiger charge is -2.38. The number of nitrogens with zero attached hydrogens (tertiary/aromatic N) is 2. The smallest absolute Gasteiger partial charge is 0.414 e. The van der Waals surface area contributed by atoms with Crippen LogP contribution in [0.2, 0.25) is 0 Å². The van der Waals surface area contributed by atoms with Crippen LogP contribution in [-0.2, 0) is 27.9 Å². The molecule has 1 N–H and O–H groups in total. The van der Waals surface area contributed by atoms with Gasteiger partial charge in [0, 0.05) is 12.6 Å². The van der Waals surface area contributed by atoms with Gasteiger partial charge in [-0.15, -0.1) is 0 Å². The number of carbonyl (C=O) groups excluding carboxylic acids is 2. The first-order chi connectivity index (χ1) is 15.7. The van der Waals surface area contributed by atoms with Crippen LogP contribution in [0.25, 0.3) is 0 Å². The lowest BCUT2D eigenvalue weighted by atomic mass is 9.72. The molecule has 0 aromatic heterocycles. The van der Waals surface area contributed by atoms with E-state index in [1.54, 1.807) is 27.8 Å². The molecular weight excluding hydrogens is 418 g/mol. The second-order valence-electron chi connectivity index (χ2n) is 10.00. The number of benzene rings is 2. The summed E-state index contributed by atoms with van der Waals surface area (Å²) >= 11 is 0. The molecule has 2 aromatic rings. The molecule has 5 rings (SSSR count). The molecular formula is C26H29N3O4. The Hall–Kier alpha value is -3.35. The molecule has 33 heavy (non-hydrogen) atoms. The molecule has 1 unspecified atom stereocenters. The van der Waals surface area contributed by atoms with E-state index < -0.39 is 22.8 Å². The van der Waals surface area contributed by atoms with Gasteiger partial charge in [0.25, 0.3) is 5.91 Å². The highest BCUT2D eigenvalue weighted by atomic mass is 16.6. The second kappa shape index (κ2) is 7.33. The number of aliphatic imine (C=N–C) groups is 1. The summed E-state index contributed by atoms with van der Waals surface area (Å²) in [6.45, 7) is 5.37. The maximum atomic E-state index is 14.0. The van der Waals surface area contributed by atoms with Crippen molar-refractivity contribution in [2.24, 2.45) is 4.99 Å². The van der Waals surface area contributed by atoms with Gasteiger partial charge < -0.3 is 9.47 Å². The van der Waals surface area contributed by atoms with Crippen molar-refractivity contribution in [3.05, 3.63) is 65.2 Å². The molecule has 0 saturated carbocycles. The number of ether oxygens (including phenoxy) is 2. The largest absolute Gasteiger partial charge is 0.483 e. The summed E-state index contributed by atoms with van der Waals surface area (Å²) in [5, 5.41) is 2.69. The SMILES string of the molecule is CN1C(=O)C2(N=C1NC(=O)OC(C)(C)C)c1ccccc1OC21CCc2ccccc2CC1. The van der Waals surface area contributed by atoms with Crippen molar-refractivity contribution in [3.8, 4) is 5.75 Å². The fourth-order valence-electron chi connectivity index (χ4n) is 5.29. The number of likely N-dealkylation sites (N-methyl/N-ethyl adjacent to an activating group) is 1. The number of rotatable bonds is 0. The lowest BCUT2D eigenvalue weighted by molar-refractivity contribution is -0.138. The monoisotopic (exact) mass is 447 g/mol. The van der Waals surface area contributed by atoms with Crippen LogP contribution in [0.1, 0.15) is 50.3 Å². The Bertz CT molecular complexity index is 1140. The first kappa shape index (κ1) is 21.5. The summed E-state index contributed by atoms with van der Waals surface area (Å²) in [6, 6.07) is 16.0. The predicted molar refractivity (Wildman–Crippen MR) is 124 cm³/mol. The number of carbonyl (C=O) groups is 2. The molecule has 2 heterocycles. The van der Waals surface area contributed by atoms with Crippen molar-refractivity contribution >= 4 is 18.0 Å². The van der Waals surface area contributed by atoms with Gasteiger partial charge in [-0.25, -0.2) is 9.79 Å². The minimum absolute atomic E-state index is 0.177. The summed E-state index contributed by atoms with van der Waals surface area (Å²) in [7, 11) is 1.63. The van der Waals surface area contributed by atoms with Crippen LogP contribution in [0.15, 0.2) is 53.5 Å². The van der Waals surface area contributed by atoms with E-state index in [-0.39, 0.29) is 11.9 Å². The Labute approximate surface area is 193 Å². The highest BCUT2D eigenvalue weighted by Crippen LogP contribution is 2.57. The Morgan fingerprint density at radius 2 is 1.67 bits per heavy atom. The van der Waals surface area contributed by atoms with Crippen LogP contribution in [0.3, 0.4) is 0 Å². The quantitative estimate of drug-likeness (QED) is 0.663. The Morgan fingerprint density at radius 3 is 2.30 bits per heavy atom. The molecule has 0 radical (unpaired) electrons. The van der Waals surface area contributed by atoms with E-state index in [0.29, 0.717) is 18.6 Å². The zero-order chi connectivity index (χ0) is 23.4. The lowest BCUT2D eigenvalue weighted by Crippen LogP contribution is -2.56. The molecule has 1 aliphatic carbocycles. The van der Waals surface area contributed by atoms with Crippen LogP contribution in [0, 0.1) is 0 Å². The van der Waals surface area contributed by atoms with Gasteiger partial charge in [-0.2, -0.15) is 0 Å². The molecule has 2 spiro atoms. The number of guanidine groups is 1. The highest BCUT2D eigenvalue weighted by molar-refractivity contribution is 6.12.